The molecular formula is C14H16N2O3S. The van der Waals surface area contributed by atoms with Crippen molar-refractivity contribution < 1.29 is 13.2 Å². The van der Waals surface area contributed by atoms with E-state index in [9.17, 15) is 8.42 Å². The van der Waals surface area contributed by atoms with E-state index < -0.39 is 10.0 Å². The van der Waals surface area contributed by atoms with Crippen molar-refractivity contribution in [2.75, 3.05) is 17.6 Å². The topological polar surface area (TPSA) is 81.4 Å². The maximum absolute atomic E-state index is 12.1. The summed E-state index contributed by atoms with van der Waals surface area (Å²) in [6.07, 6.45) is 0. The van der Waals surface area contributed by atoms with Crippen LogP contribution in [0.15, 0.2) is 48.5 Å². The van der Waals surface area contributed by atoms with Gasteiger partial charge in [0.1, 0.15) is 5.75 Å². The Bertz CT molecular complexity index is 685. The Labute approximate surface area is 118 Å². The van der Waals surface area contributed by atoms with E-state index in [4.69, 9.17) is 10.5 Å². The molecule has 0 aliphatic carbocycles. The summed E-state index contributed by atoms with van der Waals surface area (Å²) in [5.41, 5.74) is 7.17. The van der Waals surface area contributed by atoms with Gasteiger partial charge >= 0.3 is 0 Å². The maximum atomic E-state index is 12.1. The quantitative estimate of drug-likeness (QED) is 0.828. The molecule has 0 spiro atoms. The molecule has 0 heterocycles. The first kappa shape index (κ1) is 14.2. The number of nitrogen functional groups attached to an aromatic ring is 1. The smallest absolute Gasteiger partial charge is 0.237 e. The number of rotatable bonds is 5. The second-order valence-corrected chi connectivity index (χ2v) is 6.03. The Balaban J connectivity index is 2.22. The summed E-state index contributed by atoms with van der Waals surface area (Å²) in [6.45, 7) is 0. The highest BCUT2D eigenvalue weighted by Crippen LogP contribution is 2.27. The van der Waals surface area contributed by atoms with E-state index >= 15 is 0 Å². The molecule has 0 aliphatic rings. The Morgan fingerprint density at radius 3 is 2.50 bits per heavy atom. The molecule has 0 unspecified atom stereocenters. The van der Waals surface area contributed by atoms with Crippen LogP contribution in [-0.2, 0) is 15.8 Å². The predicted octanol–water partition coefficient (Wildman–Crippen LogP) is 2.22. The Morgan fingerprint density at radius 1 is 1.15 bits per heavy atom. The zero-order valence-corrected chi connectivity index (χ0v) is 11.9. The minimum absolute atomic E-state index is 0.105. The van der Waals surface area contributed by atoms with Crippen LogP contribution in [0.2, 0.25) is 0 Å². The first-order valence-corrected chi connectivity index (χ1v) is 7.63. The zero-order valence-electron chi connectivity index (χ0n) is 11.0. The first-order valence-electron chi connectivity index (χ1n) is 5.98. The van der Waals surface area contributed by atoms with Crippen LogP contribution in [0.4, 0.5) is 11.4 Å². The van der Waals surface area contributed by atoms with Gasteiger partial charge in [0.15, 0.2) is 0 Å². The summed E-state index contributed by atoms with van der Waals surface area (Å²) in [6, 6.07) is 13.7. The van der Waals surface area contributed by atoms with E-state index in [-0.39, 0.29) is 5.75 Å². The molecule has 0 amide bonds. The second-order valence-electron chi connectivity index (χ2n) is 4.31. The minimum Gasteiger partial charge on any atom is -0.495 e. The van der Waals surface area contributed by atoms with Gasteiger partial charge in [0.25, 0.3) is 0 Å². The van der Waals surface area contributed by atoms with Crippen LogP contribution in [0, 0.1) is 0 Å². The van der Waals surface area contributed by atoms with Crippen LogP contribution in [0.5, 0.6) is 5.75 Å². The molecule has 0 saturated carbocycles. The molecule has 0 bridgehead atoms. The molecular weight excluding hydrogens is 276 g/mol. The van der Waals surface area contributed by atoms with Crippen molar-refractivity contribution in [3.05, 3.63) is 54.1 Å². The number of anilines is 2. The number of hydrogen-bond acceptors (Lipinski definition) is 4. The standard InChI is InChI=1S/C14H16N2O3S/c1-19-14-8-7-12(15)9-13(14)16-20(17,18)10-11-5-3-2-4-6-11/h2-9,16H,10,15H2,1H3. The van der Waals surface area contributed by atoms with Crippen LogP contribution in [-0.4, -0.2) is 15.5 Å². The first-order chi connectivity index (χ1) is 9.50. The van der Waals surface area contributed by atoms with Crippen molar-refractivity contribution in [1.82, 2.24) is 0 Å². The van der Waals surface area contributed by atoms with Crippen molar-refractivity contribution in [3.8, 4) is 5.75 Å². The molecule has 5 nitrogen and oxygen atoms in total. The van der Waals surface area contributed by atoms with E-state index in [1.54, 1.807) is 36.4 Å². The van der Waals surface area contributed by atoms with Crippen molar-refractivity contribution in [2.24, 2.45) is 0 Å². The summed E-state index contributed by atoms with van der Waals surface area (Å²) in [7, 11) is -2.05. The molecule has 0 aromatic heterocycles. The summed E-state index contributed by atoms with van der Waals surface area (Å²) in [5.74, 6) is 0.321. The molecule has 2 rings (SSSR count). The fourth-order valence-electron chi connectivity index (χ4n) is 1.80. The maximum Gasteiger partial charge on any atom is 0.237 e. The molecule has 6 heteroatoms. The number of sulfonamides is 1. The lowest BCUT2D eigenvalue weighted by molar-refractivity contribution is 0.417. The van der Waals surface area contributed by atoms with Gasteiger partial charge in [-0.25, -0.2) is 8.42 Å². The molecule has 0 radical (unpaired) electrons. The number of nitrogens with two attached hydrogens (primary N) is 1. The number of ether oxygens (including phenoxy) is 1. The largest absolute Gasteiger partial charge is 0.495 e. The third-order valence-corrected chi connectivity index (χ3v) is 3.93. The predicted molar refractivity (Wildman–Crippen MR) is 80.1 cm³/mol. The van der Waals surface area contributed by atoms with Gasteiger partial charge in [0.2, 0.25) is 10.0 Å². The van der Waals surface area contributed by atoms with Crippen molar-refractivity contribution in [3.63, 3.8) is 0 Å². The lowest BCUT2D eigenvalue weighted by Gasteiger charge is -2.12. The number of nitrogens with one attached hydrogen (secondary N) is 1. The van der Waals surface area contributed by atoms with Gasteiger partial charge in [-0.15, -0.1) is 0 Å². The Kier molecular flexibility index (Phi) is 4.14. The third-order valence-electron chi connectivity index (χ3n) is 2.69. The highest BCUT2D eigenvalue weighted by molar-refractivity contribution is 7.91. The van der Waals surface area contributed by atoms with Crippen molar-refractivity contribution >= 4 is 21.4 Å². The zero-order chi connectivity index (χ0) is 14.6. The van der Waals surface area contributed by atoms with Gasteiger partial charge in [-0.05, 0) is 23.8 Å². The summed E-state index contributed by atoms with van der Waals surface area (Å²) in [5, 5.41) is 0. The fourth-order valence-corrected chi connectivity index (χ4v) is 3.00. The van der Waals surface area contributed by atoms with Gasteiger partial charge in [0, 0.05) is 5.69 Å². The van der Waals surface area contributed by atoms with Crippen molar-refractivity contribution in [1.29, 1.82) is 0 Å². The van der Waals surface area contributed by atoms with E-state index in [1.807, 2.05) is 6.07 Å². The van der Waals surface area contributed by atoms with E-state index in [0.29, 0.717) is 22.7 Å². The molecule has 3 N–H and O–H groups in total. The number of methoxy groups -OCH3 is 1. The summed E-state index contributed by atoms with van der Waals surface area (Å²) < 4.78 is 31.9. The fraction of sp³-hybridized carbons (Fsp3) is 0.143. The highest BCUT2D eigenvalue weighted by atomic mass is 32.2. The SMILES string of the molecule is COc1ccc(N)cc1NS(=O)(=O)Cc1ccccc1. The molecule has 0 aliphatic heterocycles. The molecule has 0 atom stereocenters. The monoisotopic (exact) mass is 292 g/mol. The van der Waals surface area contributed by atoms with E-state index in [2.05, 4.69) is 4.72 Å². The molecule has 2 aromatic carbocycles. The van der Waals surface area contributed by atoms with Gasteiger partial charge in [-0.3, -0.25) is 4.72 Å². The molecule has 2 aromatic rings. The van der Waals surface area contributed by atoms with Crippen molar-refractivity contribution in [2.45, 2.75) is 5.75 Å². The van der Waals surface area contributed by atoms with E-state index in [1.165, 1.54) is 13.2 Å². The highest BCUT2D eigenvalue weighted by Gasteiger charge is 2.14. The number of hydrogen-bond donors (Lipinski definition) is 2. The normalized spacial score (nSPS) is 11.1. The molecule has 0 saturated heterocycles. The summed E-state index contributed by atoms with van der Waals surface area (Å²) >= 11 is 0. The Hall–Kier alpha value is -2.21. The van der Waals surface area contributed by atoms with Crippen LogP contribution >= 0.6 is 0 Å². The van der Waals surface area contributed by atoms with Gasteiger partial charge in [-0.2, -0.15) is 0 Å². The lowest BCUT2D eigenvalue weighted by atomic mass is 10.2. The van der Waals surface area contributed by atoms with Crippen LogP contribution in [0.1, 0.15) is 5.56 Å². The van der Waals surface area contributed by atoms with Gasteiger partial charge in [0.05, 0.1) is 18.6 Å². The van der Waals surface area contributed by atoms with Crippen LogP contribution in [0.25, 0.3) is 0 Å². The average molecular weight is 292 g/mol. The Morgan fingerprint density at radius 2 is 1.85 bits per heavy atom. The molecule has 106 valence electrons. The third kappa shape index (κ3) is 3.64. The number of benzene rings is 2. The average Bonchev–Trinajstić information content (AvgIpc) is 2.39. The van der Waals surface area contributed by atoms with Gasteiger partial charge < -0.3 is 10.5 Å². The summed E-state index contributed by atoms with van der Waals surface area (Å²) in [4.78, 5) is 0. The molecule has 20 heavy (non-hydrogen) atoms. The molecule has 0 fully saturated rings. The minimum atomic E-state index is -3.52. The lowest BCUT2D eigenvalue weighted by Crippen LogP contribution is -2.15. The van der Waals surface area contributed by atoms with Crippen LogP contribution < -0.4 is 15.2 Å². The van der Waals surface area contributed by atoms with E-state index in [0.717, 1.165) is 0 Å². The van der Waals surface area contributed by atoms with Gasteiger partial charge in [-0.1, -0.05) is 30.3 Å². The second kappa shape index (κ2) is 5.83. The van der Waals surface area contributed by atoms with Crippen LogP contribution in [0.3, 0.4) is 0 Å².